The predicted octanol–water partition coefficient (Wildman–Crippen LogP) is 1.81. The van der Waals surface area contributed by atoms with Gasteiger partial charge in [-0.05, 0) is 48.9 Å². The number of hydrogen-bond acceptors (Lipinski definition) is 3. The number of benzene rings is 2. The van der Waals surface area contributed by atoms with Crippen molar-refractivity contribution >= 4 is 21.6 Å². The highest BCUT2D eigenvalue weighted by atomic mass is 32.2. The van der Waals surface area contributed by atoms with Crippen molar-refractivity contribution in [2.45, 2.75) is 37.1 Å². The van der Waals surface area contributed by atoms with Crippen LogP contribution in [0.3, 0.4) is 0 Å². The molecule has 0 aliphatic carbocycles. The van der Waals surface area contributed by atoms with Crippen LogP contribution in [-0.4, -0.2) is 40.0 Å². The molecule has 2 aromatic rings. The van der Waals surface area contributed by atoms with Gasteiger partial charge in [0.05, 0.1) is 24.5 Å². The third-order valence-corrected chi connectivity index (χ3v) is 6.51. The first-order valence-electron chi connectivity index (χ1n) is 9.90. The van der Waals surface area contributed by atoms with E-state index in [9.17, 15) is 17.6 Å². The number of anilines is 1. The molecule has 0 bridgehead atoms. The molecular formula is C21H27FN3O3S+. The average Bonchev–Trinajstić information content (AvgIpc) is 2.71. The molecule has 3 rings (SSSR count). The second kappa shape index (κ2) is 9.37. The lowest BCUT2D eigenvalue weighted by Gasteiger charge is -2.29. The minimum Gasteiger partial charge on any atom is -0.349 e. The number of sulfonamides is 1. The van der Waals surface area contributed by atoms with Crippen LogP contribution in [0.1, 0.15) is 36.5 Å². The standard InChI is InChI=1S/C21H26FN3O3S/c1-2-12-25-13-10-18(11-14-25)23-21(26)16-4-3-5-20(15-16)29(27,28)24-19-8-6-17(22)7-9-19/h3-9,15,18,24H,2,10-14H2,1H3,(H,23,26)/p+1. The highest BCUT2D eigenvalue weighted by molar-refractivity contribution is 7.92. The summed E-state index contributed by atoms with van der Waals surface area (Å²) in [6, 6.07) is 11.1. The predicted molar refractivity (Wildman–Crippen MR) is 110 cm³/mol. The highest BCUT2D eigenvalue weighted by Crippen LogP contribution is 2.18. The summed E-state index contributed by atoms with van der Waals surface area (Å²) in [6.07, 6.45) is 3.00. The fraction of sp³-hybridized carbons (Fsp3) is 0.381. The number of carbonyl (C=O) groups excluding carboxylic acids is 1. The SMILES string of the molecule is CCC[NH+]1CCC(NC(=O)c2cccc(S(=O)(=O)Nc3ccc(F)cc3)c2)CC1. The quantitative estimate of drug-likeness (QED) is 0.639. The number of nitrogens with one attached hydrogen (secondary N) is 3. The van der Waals surface area contributed by atoms with Gasteiger partial charge in [-0.3, -0.25) is 9.52 Å². The summed E-state index contributed by atoms with van der Waals surface area (Å²) in [5.74, 6) is -0.721. The van der Waals surface area contributed by atoms with Crippen LogP contribution in [-0.2, 0) is 10.0 Å². The summed E-state index contributed by atoms with van der Waals surface area (Å²) in [5, 5.41) is 3.02. The van der Waals surface area contributed by atoms with E-state index in [1.54, 1.807) is 17.0 Å². The molecule has 2 aromatic carbocycles. The lowest BCUT2D eigenvalue weighted by atomic mass is 10.0. The van der Waals surface area contributed by atoms with Crippen molar-refractivity contribution in [1.29, 1.82) is 0 Å². The number of rotatable bonds is 7. The zero-order valence-electron chi connectivity index (χ0n) is 16.4. The lowest BCUT2D eigenvalue weighted by Crippen LogP contribution is -3.13. The molecule has 156 valence electrons. The molecule has 29 heavy (non-hydrogen) atoms. The minimum atomic E-state index is -3.88. The number of quaternary nitrogens is 1. The third kappa shape index (κ3) is 5.77. The Morgan fingerprint density at radius 2 is 1.83 bits per heavy atom. The summed E-state index contributed by atoms with van der Waals surface area (Å²) in [7, 11) is -3.88. The van der Waals surface area contributed by atoms with E-state index in [1.807, 2.05) is 0 Å². The molecule has 6 nitrogen and oxygen atoms in total. The topological polar surface area (TPSA) is 79.7 Å². The van der Waals surface area contributed by atoms with Crippen LogP contribution in [0.15, 0.2) is 53.4 Å². The Kier molecular flexibility index (Phi) is 6.87. The van der Waals surface area contributed by atoms with Crippen molar-refractivity contribution in [2.24, 2.45) is 0 Å². The van der Waals surface area contributed by atoms with Crippen LogP contribution in [0, 0.1) is 5.82 Å². The molecule has 1 aliphatic rings. The third-order valence-electron chi connectivity index (χ3n) is 5.13. The summed E-state index contributed by atoms with van der Waals surface area (Å²) in [6.45, 7) is 5.40. The molecule has 1 aliphatic heterocycles. The van der Waals surface area contributed by atoms with Gasteiger partial charge in [0.25, 0.3) is 15.9 Å². The van der Waals surface area contributed by atoms with Crippen molar-refractivity contribution in [2.75, 3.05) is 24.4 Å². The average molecular weight is 421 g/mol. The van der Waals surface area contributed by atoms with E-state index in [4.69, 9.17) is 0 Å². The van der Waals surface area contributed by atoms with Crippen LogP contribution in [0.5, 0.6) is 0 Å². The van der Waals surface area contributed by atoms with Gasteiger partial charge in [0.2, 0.25) is 0 Å². The molecule has 0 radical (unpaired) electrons. The van der Waals surface area contributed by atoms with Gasteiger partial charge in [-0.25, -0.2) is 12.8 Å². The molecule has 0 spiro atoms. The van der Waals surface area contributed by atoms with Crippen LogP contribution in [0.4, 0.5) is 10.1 Å². The first-order valence-corrected chi connectivity index (χ1v) is 11.4. The maximum atomic E-state index is 13.0. The molecule has 0 atom stereocenters. The first-order chi connectivity index (χ1) is 13.9. The maximum Gasteiger partial charge on any atom is 0.261 e. The number of amides is 1. The van der Waals surface area contributed by atoms with E-state index in [1.165, 1.54) is 36.4 Å². The molecule has 1 saturated heterocycles. The Hall–Kier alpha value is -2.45. The molecule has 0 aromatic heterocycles. The molecular weight excluding hydrogens is 393 g/mol. The lowest BCUT2D eigenvalue weighted by molar-refractivity contribution is -0.905. The Labute approximate surface area is 171 Å². The van der Waals surface area contributed by atoms with E-state index in [2.05, 4.69) is 17.0 Å². The molecule has 8 heteroatoms. The fourth-order valence-corrected chi connectivity index (χ4v) is 4.68. The second-order valence-electron chi connectivity index (χ2n) is 7.39. The number of carbonyl (C=O) groups is 1. The summed E-state index contributed by atoms with van der Waals surface area (Å²) >= 11 is 0. The Bertz CT molecular complexity index is 940. The zero-order chi connectivity index (χ0) is 20.9. The summed E-state index contributed by atoms with van der Waals surface area (Å²) in [5.41, 5.74) is 0.554. The van der Waals surface area contributed by atoms with Crippen molar-refractivity contribution in [1.82, 2.24) is 5.32 Å². The molecule has 1 fully saturated rings. The normalized spacial score (nSPS) is 19.5. The van der Waals surface area contributed by atoms with E-state index < -0.39 is 15.8 Å². The monoisotopic (exact) mass is 420 g/mol. The van der Waals surface area contributed by atoms with Gasteiger partial charge in [-0.2, -0.15) is 0 Å². The van der Waals surface area contributed by atoms with Crippen molar-refractivity contribution < 1.29 is 22.5 Å². The molecule has 3 N–H and O–H groups in total. The molecule has 1 heterocycles. The van der Waals surface area contributed by atoms with Crippen molar-refractivity contribution in [3.63, 3.8) is 0 Å². The molecule has 1 amide bonds. The number of hydrogen-bond donors (Lipinski definition) is 3. The minimum absolute atomic E-state index is 0.0170. The maximum absolute atomic E-state index is 13.0. The van der Waals surface area contributed by atoms with Gasteiger partial charge in [-0.1, -0.05) is 13.0 Å². The Morgan fingerprint density at radius 1 is 1.14 bits per heavy atom. The van der Waals surface area contributed by atoms with Crippen LogP contribution < -0.4 is 14.9 Å². The summed E-state index contributed by atoms with van der Waals surface area (Å²) < 4.78 is 40.6. The Morgan fingerprint density at radius 3 is 2.48 bits per heavy atom. The van der Waals surface area contributed by atoms with Crippen LogP contribution >= 0.6 is 0 Å². The largest absolute Gasteiger partial charge is 0.349 e. The fourth-order valence-electron chi connectivity index (χ4n) is 3.58. The molecule has 0 saturated carbocycles. The molecule has 0 unspecified atom stereocenters. The zero-order valence-corrected chi connectivity index (χ0v) is 17.3. The van der Waals surface area contributed by atoms with Gasteiger partial charge in [0.15, 0.2) is 0 Å². The highest BCUT2D eigenvalue weighted by Gasteiger charge is 2.24. The van der Waals surface area contributed by atoms with Crippen molar-refractivity contribution in [3.05, 3.63) is 59.9 Å². The number of halogens is 1. The van der Waals surface area contributed by atoms with E-state index >= 15 is 0 Å². The van der Waals surface area contributed by atoms with E-state index in [0.717, 1.165) is 38.9 Å². The smallest absolute Gasteiger partial charge is 0.261 e. The first kappa shape index (κ1) is 21.3. The second-order valence-corrected chi connectivity index (χ2v) is 9.07. The van der Waals surface area contributed by atoms with E-state index in [-0.39, 0.29) is 22.5 Å². The van der Waals surface area contributed by atoms with E-state index in [0.29, 0.717) is 5.56 Å². The van der Waals surface area contributed by atoms with Crippen LogP contribution in [0.2, 0.25) is 0 Å². The van der Waals surface area contributed by atoms with Crippen LogP contribution in [0.25, 0.3) is 0 Å². The van der Waals surface area contributed by atoms with Gasteiger partial charge in [-0.15, -0.1) is 0 Å². The Balaban J connectivity index is 1.65. The number of likely N-dealkylation sites (tertiary alicyclic amines) is 1. The van der Waals surface area contributed by atoms with Gasteiger partial charge < -0.3 is 10.2 Å². The number of piperidine rings is 1. The van der Waals surface area contributed by atoms with Gasteiger partial charge >= 0.3 is 0 Å². The van der Waals surface area contributed by atoms with Gasteiger partial charge in [0.1, 0.15) is 5.82 Å². The van der Waals surface area contributed by atoms with Gasteiger partial charge in [0, 0.05) is 30.1 Å². The summed E-state index contributed by atoms with van der Waals surface area (Å²) in [4.78, 5) is 14.2. The van der Waals surface area contributed by atoms with Crippen molar-refractivity contribution in [3.8, 4) is 0 Å².